The SMILES string of the molecule is CCOC(=O)c1ccc(OC(=O)NC)cc1. The lowest BCUT2D eigenvalue weighted by molar-refractivity contribution is 0.0526. The maximum absolute atomic E-state index is 11.3. The van der Waals surface area contributed by atoms with Crippen molar-refractivity contribution < 1.29 is 19.1 Å². The first-order chi connectivity index (χ1) is 7.67. The summed E-state index contributed by atoms with van der Waals surface area (Å²) in [4.78, 5) is 22.2. The van der Waals surface area contributed by atoms with Gasteiger partial charge in [-0.2, -0.15) is 0 Å². The summed E-state index contributed by atoms with van der Waals surface area (Å²) < 4.78 is 9.67. The Morgan fingerprint density at radius 1 is 1.25 bits per heavy atom. The zero-order valence-corrected chi connectivity index (χ0v) is 9.15. The molecule has 0 unspecified atom stereocenters. The number of benzene rings is 1. The Morgan fingerprint density at radius 3 is 2.38 bits per heavy atom. The van der Waals surface area contributed by atoms with Crippen LogP contribution in [-0.4, -0.2) is 25.7 Å². The molecule has 0 aliphatic rings. The summed E-state index contributed by atoms with van der Waals surface area (Å²) in [6, 6.07) is 6.13. The highest BCUT2D eigenvalue weighted by Crippen LogP contribution is 2.12. The zero-order valence-electron chi connectivity index (χ0n) is 9.15. The van der Waals surface area contributed by atoms with Crippen LogP contribution in [0.25, 0.3) is 0 Å². The molecule has 0 saturated heterocycles. The van der Waals surface area contributed by atoms with Crippen LogP contribution < -0.4 is 10.1 Å². The molecule has 0 aromatic heterocycles. The molecular formula is C11H13NO4. The lowest BCUT2D eigenvalue weighted by atomic mass is 10.2. The number of hydrogen-bond acceptors (Lipinski definition) is 4. The molecule has 5 nitrogen and oxygen atoms in total. The van der Waals surface area contributed by atoms with Gasteiger partial charge in [-0.25, -0.2) is 9.59 Å². The summed E-state index contributed by atoms with van der Waals surface area (Å²) in [6.07, 6.45) is -0.552. The number of ether oxygens (including phenoxy) is 2. The van der Waals surface area contributed by atoms with Crippen molar-refractivity contribution in [3.8, 4) is 5.75 Å². The van der Waals surface area contributed by atoms with Crippen LogP contribution in [0.5, 0.6) is 5.75 Å². The summed E-state index contributed by atoms with van der Waals surface area (Å²) in [5, 5.41) is 2.32. The van der Waals surface area contributed by atoms with E-state index in [1.165, 1.54) is 31.3 Å². The van der Waals surface area contributed by atoms with Gasteiger partial charge < -0.3 is 14.8 Å². The third-order valence-corrected chi connectivity index (χ3v) is 1.78. The van der Waals surface area contributed by atoms with Crippen LogP contribution in [0.2, 0.25) is 0 Å². The van der Waals surface area contributed by atoms with E-state index in [4.69, 9.17) is 9.47 Å². The topological polar surface area (TPSA) is 64.6 Å². The fourth-order valence-electron chi connectivity index (χ4n) is 1.03. The van der Waals surface area contributed by atoms with E-state index in [1.54, 1.807) is 6.92 Å². The Hall–Kier alpha value is -2.04. The molecule has 0 spiro atoms. The molecule has 1 aromatic rings. The van der Waals surface area contributed by atoms with E-state index < -0.39 is 12.1 Å². The van der Waals surface area contributed by atoms with Crippen LogP contribution >= 0.6 is 0 Å². The van der Waals surface area contributed by atoms with Crippen molar-refractivity contribution in [2.45, 2.75) is 6.92 Å². The summed E-state index contributed by atoms with van der Waals surface area (Å²) in [6.45, 7) is 2.07. The average molecular weight is 223 g/mol. The molecule has 1 aromatic carbocycles. The van der Waals surface area contributed by atoms with Crippen molar-refractivity contribution in [3.63, 3.8) is 0 Å². The monoisotopic (exact) mass is 223 g/mol. The number of hydrogen-bond donors (Lipinski definition) is 1. The second-order valence-electron chi connectivity index (χ2n) is 2.88. The first-order valence-electron chi connectivity index (χ1n) is 4.84. The van der Waals surface area contributed by atoms with E-state index >= 15 is 0 Å². The minimum Gasteiger partial charge on any atom is -0.462 e. The predicted molar refractivity (Wildman–Crippen MR) is 57.5 cm³/mol. The lowest BCUT2D eigenvalue weighted by Gasteiger charge is -2.04. The third-order valence-electron chi connectivity index (χ3n) is 1.78. The molecule has 0 aliphatic heterocycles. The molecule has 5 heteroatoms. The highest BCUT2D eigenvalue weighted by Gasteiger charge is 2.07. The quantitative estimate of drug-likeness (QED) is 0.790. The first-order valence-corrected chi connectivity index (χ1v) is 4.84. The van der Waals surface area contributed by atoms with Crippen molar-refractivity contribution in [3.05, 3.63) is 29.8 Å². The second-order valence-corrected chi connectivity index (χ2v) is 2.88. The predicted octanol–water partition coefficient (Wildman–Crippen LogP) is 1.58. The normalized spacial score (nSPS) is 9.38. The van der Waals surface area contributed by atoms with Gasteiger partial charge in [-0.3, -0.25) is 0 Å². The second kappa shape index (κ2) is 5.75. The van der Waals surface area contributed by atoms with Gasteiger partial charge in [-0.1, -0.05) is 0 Å². The molecule has 0 saturated carbocycles. The van der Waals surface area contributed by atoms with Crippen LogP contribution in [0.4, 0.5) is 4.79 Å². The smallest absolute Gasteiger partial charge is 0.412 e. The standard InChI is InChI=1S/C11H13NO4/c1-3-15-10(13)8-4-6-9(7-5-8)16-11(14)12-2/h4-7H,3H2,1-2H3,(H,12,14). The summed E-state index contributed by atoms with van der Waals surface area (Å²) >= 11 is 0. The molecular weight excluding hydrogens is 210 g/mol. The van der Waals surface area contributed by atoms with Crippen LogP contribution in [0.15, 0.2) is 24.3 Å². The minimum atomic E-state index is -0.552. The maximum atomic E-state index is 11.3. The average Bonchev–Trinajstić information content (AvgIpc) is 2.30. The molecule has 16 heavy (non-hydrogen) atoms. The fourth-order valence-corrected chi connectivity index (χ4v) is 1.03. The third kappa shape index (κ3) is 3.27. The number of carbonyl (C=O) groups is 2. The van der Waals surface area contributed by atoms with Gasteiger partial charge in [0.25, 0.3) is 0 Å². The molecule has 86 valence electrons. The largest absolute Gasteiger partial charge is 0.462 e. The molecule has 0 fully saturated rings. The van der Waals surface area contributed by atoms with Crippen LogP contribution in [-0.2, 0) is 4.74 Å². The van der Waals surface area contributed by atoms with Gasteiger partial charge in [-0.05, 0) is 31.2 Å². The van der Waals surface area contributed by atoms with E-state index in [1.807, 2.05) is 0 Å². The van der Waals surface area contributed by atoms with Gasteiger partial charge in [0.15, 0.2) is 0 Å². The number of carbonyl (C=O) groups excluding carboxylic acids is 2. The number of amides is 1. The van der Waals surface area contributed by atoms with Crippen molar-refractivity contribution in [1.82, 2.24) is 5.32 Å². The molecule has 1 N–H and O–H groups in total. The molecule has 0 radical (unpaired) electrons. The fraction of sp³-hybridized carbons (Fsp3) is 0.273. The van der Waals surface area contributed by atoms with Crippen molar-refractivity contribution in [2.24, 2.45) is 0 Å². The summed E-state index contributed by atoms with van der Waals surface area (Å²) in [5.74, 6) is -0.0265. The Labute approximate surface area is 93.4 Å². The zero-order chi connectivity index (χ0) is 12.0. The van der Waals surface area contributed by atoms with Gasteiger partial charge in [0.05, 0.1) is 12.2 Å². The van der Waals surface area contributed by atoms with Crippen LogP contribution in [0.1, 0.15) is 17.3 Å². The van der Waals surface area contributed by atoms with Crippen molar-refractivity contribution in [2.75, 3.05) is 13.7 Å². The van der Waals surface area contributed by atoms with Crippen LogP contribution in [0.3, 0.4) is 0 Å². The van der Waals surface area contributed by atoms with Gasteiger partial charge in [0.1, 0.15) is 5.75 Å². The highest BCUT2D eigenvalue weighted by molar-refractivity contribution is 5.89. The summed E-state index contributed by atoms with van der Waals surface area (Å²) in [7, 11) is 1.47. The van der Waals surface area contributed by atoms with Gasteiger partial charge in [0, 0.05) is 7.05 Å². The van der Waals surface area contributed by atoms with Gasteiger partial charge in [0.2, 0.25) is 0 Å². The van der Waals surface area contributed by atoms with Gasteiger partial charge >= 0.3 is 12.1 Å². The Morgan fingerprint density at radius 2 is 1.88 bits per heavy atom. The molecule has 0 bridgehead atoms. The number of rotatable bonds is 3. The van der Waals surface area contributed by atoms with E-state index in [2.05, 4.69) is 5.32 Å². The molecule has 0 aliphatic carbocycles. The van der Waals surface area contributed by atoms with Crippen molar-refractivity contribution >= 4 is 12.1 Å². The molecule has 1 rings (SSSR count). The lowest BCUT2D eigenvalue weighted by Crippen LogP contribution is -2.22. The van der Waals surface area contributed by atoms with E-state index in [0.717, 1.165) is 0 Å². The molecule has 0 heterocycles. The summed E-state index contributed by atoms with van der Waals surface area (Å²) in [5.41, 5.74) is 0.422. The van der Waals surface area contributed by atoms with Gasteiger partial charge in [-0.15, -0.1) is 0 Å². The Balaban J connectivity index is 2.67. The molecule has 0 atom stereocenters. The Kier molecular flexibility index (Phi) is 4.32. The van der Waals surface area contributed by atoms with E-state index in [0.29, 0.717) is 17.9 Å². The highest BCUT2D eigenvalue weighted by atomic mass is 16.6. The van der Waals surface area contributed by atoms with E-state index in [9.17, 15) is 9.59 Å². The minimum absolute atomic E-state index is 0.329. The maximum Gasteiger partial charge on any atom is 0.412 e. The van der Waals surface area contributed by atoms with Crippen molar-refractivity contribution in [1.29, 1.82) is 0 Å². The first kappa shape index (κ1) is 12.0. The molecule has 1 amide bonds. The van der Waals surface area contributed by atoms with E-state index in [-0.39, 0.29) is 0 Å². The number of esters is 1. The van der Waals surface area contributed by atoms with Crippen LogP contribution in [0, 0.1) is 0 Å². The Bertz CT molecular complexity index is 372. The number of nitrogens with one attached hydrogen (secondary N) is 1.